The molecule has 10 nitrogen and oxygen atoms in total. The number of primary sulfonamides is 1. The van der Waals surface area contributed by atoms with E-state index in [1.807, 2.05) is 0 Å². The number of carbonyl (C=O) groups excluding carboxylic acids is 2. The molecule has 194 valence electrons. The fourth-order valence-electron chi connectivity index (χ4n) is 3.74. The van der Waals surface area contributed by atoms with E-state index in [4.69, 9.17) is 19.0 Å². The molecule has 0 saturated carbocycles. The highest BCUT2D eigenvalue weighted by Gasteiger charge is 2.20. The fraction of sp³-hybridized carbons (Fsp3) is 0.231. The predicted octanol–water partition coefficient (Wildman–Crippen LogP) is 2.67. The Morgan fingerprint density at radius 1 is 1.08 bits per heavy atom. The molecule has 1 fully saturated rings. The predicted molar refractivity (Wildman–Crippen MR) is 136 cm³/mol. The van der Waals surface area contributed by atoms with E-state index in [0.29, 0.717) is 41.5 Å². The van der Waals surface area contributed by atoms with Crippen LogP contribution in [-0.4, -0.2) is 46.6 Å². The Labute approximate surface area is 214 Å². The van der Waals surface area contributed by atoms with E-state index in [1.54, 1.807) is 48.5 Å². The normalized spacial score (nSPS) is 15.8. The second kappa shape index (κ2) is 11.4. The summed E-state index contributed by atoms with van der Waals surface area (Å²) in [7, 11) is -2.28. The third kappa shape index (κ3) is 6.85. The van der Waals surface area contributed by atoms with Crippen molar-refractivity contribution in [1.29, 1.82) is 0 Å². The molecular formula is C26H27N3O7S. The largest absolute Gasteiger partial charge is 0.497 e. The molecule has 3 aromatic rings. The lowest BCUT2D eigenvalue weighted by molar-refractivity contribution is -0.118. The minimum absolute atomic E-state index is 0.00992. The molecule has 0 unspecified atom stereocenters. The summed E-state index contributed by atoms with van der Waals surface area (Å²) in [5.74, 6) is 0.372. The number of nitrogens with two attached hydrogens (primary N) is 1. The van der Waals surface area contributed by atoms with Crippen LogP contribution in [0.1, 0.15) is 29.0 Å². The van der Waals surface area contributed by atoms with Crippen molar-refractivity contribution in [2.75, 3.05) is 20.3 Å². The second-order valence-electron chi connectivity index (χ2n) is 8.36. The quantitative estimate of drug-likeness (QED) is 0.364. The molecule has 0 aliphatic carbocycles. The zero-order valence-electron chi connectivity index (χ0n) is 20.1. The standard InChI is InChI=1S/C26H27N3O7S/c1-34-19-8-4-18(5-9-19)25(30)29-23(26(31)28-16-21-3-2-14-35-21)15-20-10-13-24(36-20)17-6-11-22(12-7-17)37(27,32)33/h4-13,15,21H,2-3,14,16H2,1H3,(H,28,31)(H,29,30)(H2,27,32,33)/b23-15+/t21-/m0/s1. The van der Waals surface area contributed by atoms with Crippen molar-refractivity contribution >= 4 is 27.9 Å². The molecule has 4 N–H and O–H groups in total. The first-order valence-electron chi connectivity index (χ1n) is 11.5. The molecule has 0 spiro atoms. The fourth-order valence-corrected chi connectivity index (χ4v) is 4.25. The molecule has 1 aromatic heterocycles. The molecule has 1 saturated heterocycles. The van der Waals surface area contributed by atoms with Crippen LogP contribution in [0.3, 0.4) is 0 Å². The number of hydrogen-bond donors (Lipinski definition) is 3. The van der Waals surface area contributed by atoms with Crippen LogP contribution in [0.15, 0.2) is 75.7 Å². The number of benzene rings is 2. The maximum absolute atomic E-state index is 13.0. The number of ether oxygens (including phenoxy) is 2. The molecule has 1 atom stereocenters. The third-order valence-corrected chi connectivity index (χ3v) is 6.67. The van der Waals surface area contributed by atoms with E-state index in [-0.39, 0.29) is 16.7 Å². The van der Waals surface area contributed by atoms with Gasteiger partial charge in [0, 0.05) is 30.4 Å². The van der Waals surface area contributed by atoms with Gasteiger partial charge in [0.2, 0.25) is 10.0 Å². The van der Waals surface area contributed by atoms with Crippen molar-refractivity contribution in [3.8, 4) is 17.1 Å². The van der Waals surface area contributed by atoms with Crippen LogP contribution < -0.4 is 20.5 Å². The van der Waals surface area contributed by atoms with Gasteiger partial charge >= 0.3 is 0 Å². The Kier molecular flexibility index (Phi) is 8.07. The maximum Gasteiger partial charge on any atom is 0.268 e. The number of carbonyl (C=O) groups is 2. The van der Waals surface area contributed by atoms with Crippen molar-refractivity contribution in [2.24, 2.45) is 5.14 Å². The summed E-state index contributed by atoms with van der Waals surface area (Å²) in [5.41, 5.74) is 0.941. The van der Waals surface area contributed by atoms with Gasteiger partial charge in [-0.2, -0.15) is 0 Å². The van der Waals surface area contributed by atoms with Gasteiger partial charge in [0.1, 0.15) is 23.0 Å². The molecule has 2 heterocycles. The van der Waals surface area contributed by atoms with Crippen molar-refractivity contribution < 1.29 is 31.9 Å². The van der Waals surface area contributed by atoms with Crippen LogP contribution >= 0.6 is 0 Å². The van der Waals surface area contributed by atoms with E-state index in [1.165, 1.54) is 25.3 Å². The zero-order chi connectivity index (χ0) is 26.4. The highest BCUT2D eigenvalue weighted by molar-refractivity contribution is 7.89. The zero-order valence-corrected chi connectivity index (χ0v) is 20.9. The number of nitrogens with one attached hydrogen (secondary N) is 2. The summed E-state index contributed by atoms with van der Waals surface area (Å²) in [6.45, 7) is 0.971. The molecule has 37 heavy (non-hydrogen) atoms. The number of hydrogen-bond acceptors (Lipinski definition) is 7. The van der Waals surface area contributed by atoms with Crippen LogP contribution in [0.5, 0.6) is 5.75 Å². The average molecular weight is 526 g/mol. The smallest absolute Gasteiger partial charge is 0.268 e. The summed E-state index contributed by atoms with van der Waals surface area (Å²) in [5, 5.41) is 10.6. The lowest BCUT2D eigenvalue weighted by atomic mass is 10.2. The first kappa shape index (κ1) is 26.1. The molecule has 11 heteroatoms. The second-order valence-corrected chi connectivity index (χ2v) is 9.92. The Hall–Kier alpha value is -3.93. The van der Waals surface area contributed by atoms with Crippen molar-refractivity contribution in [1.82, 2.24) is 10.6 Å². The number of rotatable bonds is 9. The Morgan fingerprint density at radius 3 is 2.43 bits per heavy atom. The number of methoxy groups -OCH3 is 1. The number of furan rings is 1. The highest BCUT2D eigenvalue weighted by atomic mass is 32.2. The lowest BCUT2D eigenvalue weighted by Crippen LogP contribution is -2.38. The van der Waals surface area contributed by atoms with Crippen molar-refractivity contribution in [3.63, 3.8) is 0 Å². The summed E-state index contributed by atoms with van der Waals surface area (Å²) < 4.78 is 39.5. The van der Waals surface area contributed by atoms with Gasteiger partial charge in [0.25, 0.3) is 11.8 Å². The lowest BCUT2D eigenvalue weighted by Gasteiger charge is -2.13. The van der Waals surface area contributed by atoms with E-state index >= 15 is 0 Å². The van der Waals surface area contributed by atoms with Crippen molar-refractivity contribution in [3.05, 3.63) is 77.7 Å². The van der Waals surface area contributed by atoms with Gasteiger partial charge in [0.05, 0.1) is 18.1 Å². The van der Waals surface area contributed by atoms with E-state index in [2.05, 4.69) is 10.6 Å². The minimum atomic E-state index is -3.81. The first-order chi connectivity index (χ1) is 17.7. The Bertz CT molecular complexity index is 1390. The molecule has 2 amide bonds. The highest BCUT2D eigenvalue weighted by Crippen LogP contribution is 2.24. The summed E-state index contributed by atoms with van der Waals surface area (Å²) in [6.07, 6.45) is 3.14. The average Bonchev–Trinajstić information content (AvgIpc) is 3.59. The van der Waals surface area contributed by atoms with Gasteiger partial charge in [-0.25, -0.2) is 13.6 Å². The molecule has 0 bridgehead atoms. The van der Waals surface area contributed by atoms with Gasteiger partial charge < -0.3 is 24.5 Å². The van der Waals surface area contributed by atoms with Gasteiger partial charge in [-0.15, -0.1) is 0 Å². The number of amides is 2. The van der Waals surface area contributed by atoms with Crippen LogP contribution in [0.4, 0.5) is 0 Å². The molecule has 0 radical (unpaired) electrons. The SMILES string of the molecule is COc1ccc(C(=O)N/C(=C/c2ccc(-c3ccc(S(N)(=O)=O)cc3)o2)C(=O)NC[C@@H]2CCCO2)cc1. The van der Waals surface area contributed by atoms with E-state index in [0.717, 1.165) is 12.8 Å². The maximum atomic E-state index is 13.0. The first-order valence-corrected chi connectivity index (χ1v) is 13.1. The molecule has 4 rings (SSSR count). The van der Waals surface area contributed by atoms with Crippen LogP contribution in [0.25, 0.3) is 17.4 Å². The van der Waals surface area contributed by atoms with Gasteiger partial charge in [-0.1, -0.05) is 0 Å². The van der Waals surface area contributed by atoms with E-state index in [9.17, 15) is 18.0 Å². The third-order valence-electron chi connectivity index (χ3n) is 5.74. The van der Waals surface area contributed by atoms with Crippen molar-refractivity contribution in [2.45, 2.75) is 23.8 Å². The molecule has 2 aromatic carbocycles. The minimum Gasteiger partial charge on any atom is -0.497 e. The summed E-state index contributed by atoms with van der Waals surface area (Å²) in [4.78, 5) is 25.8. The number of sulfonamides is 1. The Morgan fingerprint density at radius 2 is 1.81 bits per heavy atom. The molecule has 1 aliphatic heterocycles. The molecule has 1 aliphatic rings. The molecular weight excluding hydrogens is 498 g/mol. The summed E-state index contributed by atoms with van der Waals surface area (Å²) >= 11 is 0. The monoisotopic (exact) mass is 525 g/mol. The van der Waals surface area contributed by atoms with Crippen LogP contribution in [0.2, 0.25) is 0 Å². The van der Waals surface area contributed by atoms with Gasteiger partial charge in [-0.05, 0) is 73.5 Å². The Balaban J connectivity index is 1.55. The van der Waals surface area contributed by atoms with E-state index < -0.39 is 21.8 Å². The topological polar surface area (TPSA) is 150 Å². The van der Waals surface area contributed by atoms with Gasteiger partial charge in [-0.3, -0.25) is 9.59 Å². The van der Waals surface area contributed by atoms with Crippen LogP contribution in [-0.2, 0) is 19.6 Å². The van der Waals surface area contributed by atoms with Crippen LogP contribution in [0, 0.1) is 0 Å². The van der Waals surface area contributed by atoms with Gasteiger partial charge in [0.15, 0.2) is 0 Å². The summed E-state index contributed by atoms with van der Waals surface area (Å²) in [6, 6.07) is 15.7.